The van der Waals surface area contributed by atoms with Crippen LogP contribution in [0.2, 0.25) is 0 Å². The second-order valence-corrected chi connectivity index (χ2v) is 3.52. The molecule has 0 saturated carbocycles. The highest BCUT2D eigenvalue weighted by molar-refractivity contribution is 5.97. The lowest BCUT2D eigenvalue weighted by molar-refractivity contribution is -0.147. The van der Waals surface area contributed by atoms with Gasteiger partial charge in [-0.05, 0) is 12.5 Å². The van der Waals surface area contributed by atoms with Crippen LogP contribution in [0.4, 0.5) is 0 Å². The molecule has 0 radical (unpaired) electrons. The zero-order valence-corrected chi connectivity index (χ0v) is 8.74. The Balaban J connectivity index is 2.49. The Bertz CT molecular complexity index is 292. The Morgan fingerprint density at radius 3 is 2.53 bits per heavy atom. The molecule has 1 heterocycles. The van der Waals surface area contributed by atoms with Gasteiger partial charge in [0.25, 0.3) is 0 Å². The minimum absolute atomic E-state index is 0.0855. The fourth-order valence-corrected chi connectivity index (χ4v) is 1.52. The van der Waals surface area contributed by atoms with E-state index < -0.39 is 0 Å². The molecule has 2 N–H and O–H groups in total. The number of rotatable bonds is 4. The minimum Gasteiger partial charge on any atom is -0.402 e. The summed E-state index contributed by atoms with van der Waals surface area (Å²) in [6.07, 6.45) is 5.40. The number of hydrogen-bond donors (Lipinski definition) is 1. The van der Waals surface area contributed by atoms with Crippen molar-refractivity contribution in [2.45, 2.75) is 25.7 Å². The number of amides is 2. The van der Waals surface area contributed by atoms with Crippen LogP contribution in [-0.2, 0) is 9.59 Å². The summed E-state index contributed by atoms with van der Waals surface area (Å²) < 4.78 is 0. The molecule has 0 aromatic rings. The van der Waals surface area contributed by atoms with Crippen molar-refractivity contribution < 1.29 is 9.59 Å². The SMILES string of the molecule is C=C/C=C(\N)CCN1C(=O)CCCC1=O. The molecule has 0 bridgehead atoms. The van der Waals surface area contributed by atoms with Crippen LogP contribution in [0, 0.1) is 0 Å². The van der Waals surface area contributed by atoms with E-state index in [1.54, 1.807) is 12.2 Å². The second-order valence-electron chi connectivity index (χ2n) is 3.52. The number of carbonyl (C=O) groups is 2. The zero-order valence-electron chi connectivity index (χ0n) is 8.74. The van der Waals surface area contributed by atoms with Crippen molar-refractivity contribution >= 4 is 11.8 Å². The maximum Gasteiger partial charge on any atom is 0.229 e. The molecule has 0 atom stereocenters. The lowest BCUT2D eigenvalue weighted by Crippen LogP contribution is -2.40. The summed E-state index contributed by atoms with van der Waals surface area (Å²) in [5.74, 6) is -0.171. The van der Waals surface area contributed by atoms with E-state index in [0.29, 0.717) is 37.9 Å². The predicted molar refractivity (Wildman–Crippen MR) is 57.7 cm³/mol. The molecule has 0 spiro atoms. The molecular weight excluding hydrogens is 192 g/mol. The van der Waals surface area contributed by atoms with Gasteiger partial charge in [-0.2, -0.15) is 0 Å². The third kappa shape index (κ3) is 3.23. The number of piperidine rings is 1. The summed E-state index contributed by atoms with van der Waals surface area (Å²) in [5, 5.41) is 0. The summed E-state index contributed by atoms with van der Waals surface area (Å²) in [4.78, 5) is 24.1. The van der Waals surface area contributed by atoms with E-state index >= 15 is 0 Å². The van der Waals surface area contributed by atoms with Crippen molar-refractivity contribution in [3.63, 3.8) is 0 Å². The van der Waals surface area contributed by atoms with Crippen LogP contribution in [-0.4, -0.2) is 23.3 Å². The Morgan fingerprint density at radius 1 is 1.40 bits per heavy atom. The normalized spacial score (nSPS) is 18.1. The third-order valence-corrected chi connectivity index (χ3v) is 2.34. The fourth-order valence-electron chi connectivity index (χ4n) is 1.52. The lowest BCUT2D eigenvalue weighted by Gasteiger charge is -2.24. The van der Waals surface area contributed by atoms with Crippen LogP contribution in [0.1, 0.15) is 25.7 Å². The molecule has 82 valence electrons. The molecule has 2 amide bonds. The molecule has 4 heteroatoms. The average molecular weight is 208 g/mol. The third-order valence-electron chi connectivity index (χ3n) is 2.34. The zero-order chi connectivity index (χ0) is 11.3. The summed E-state index contributed by atoms with van der Waals surface area (Å²) in [6.45, 7) is 3.90. The largest absolute Gasteiger partial charge is 0.402 e. The molecule has 0 aromatic heterocycles. The quantitative estimate of drug-likeness (QED) is 0.552. The number of likely N-dealkylation sites (tertiary alicyclic amines) is 1. The van der Waals surface area contributed by atoms with Crippen molar-refractivity contribution in [3.05, 3.63) is 24.4 Å². The van der Waals surface area contributed by atoms with E-state index in [1.165, 1.54) is 4.90 Å². The van der Waals surface area contributed by atoms with E-state index in [2.05, 4.69) is 6.58 Å². The number of allylic oxidation sites excluding steroid dienone is 2. The maximum atomic E-state index is 11.4. The number of carbonyl (C=O) groups excluding carboxylic acids is 2. The lowest BCUT2D eigenvalue weighted by atomic mass is 10.1. The van der Waals surface area contributed by atoms with Gasteiger partial charge < -0.3 is 5.73 Å². The van der Waals surface area contributed by atoms with Crippen molar-refractivity contribution in [2.75, 3.05) is 6.54 Å². The van der Waals surface area contributed by atoms with Crippen molar-refractivity contribution in [2.24, 2.45) is 5.73 Å². The number of imide groups is 1. The van der Waals surface area contributed by atoms with Crippen molar-refractivity contribution in [1.82, 2.24) is 4.90 Å². The topological polar surface area (TPSA) is 63.4 Å². The molecule has 0 aromatic carbocycles. The Kier molecular flexibility index (Phi) is 4.09. The first-order valence-corrected chi connectivity index (χ1v) is 5.05. The number of nitrogens with zero attached hydrogens (tertiary/aromatic N) is 1. The van der Waals surface area contributed by atoms with E-state index in [9.17, 15) is 9.59 Å². The summed E-state index contributed by atoms with van der Waals surface area (Å²) >= 11 is 0. The molecule has 0 aliphatic carbocycles. The molecule has 1 aliphatic heterocycles. The highest BCUT2D eigenvalue weighted by Crippen LogP contribution is 2.13. The van der Waals surface area contributed by atoms with Crippen LogP contribution in [0.5, 0.6) is 0 Å². The van der Waals surface area contributed by atoms with Crippen LogP contribution in [0.25, 0.3) is 0 Å². The highest BCUT2D eigenvalue weighted by Gasteiger charge is 2.25. The van der Waals surface area contributed by atoms with E-state index in [0.717, 1.165) is 0 Å². The van der Waals surface area contributed by atoms with Gasteiger partial charge in [0, 0.05) is 31.5 Å². The van der Waals surface area contributed by atoms with Crippen LogP contribution < -0.4 is 5.73 Å². The smallest absolute Gasteiger partial charge is 0.229 e. The molecule has 1 rings (SSSR count). The minimum atomic E-state index is -0.0855. The molecule has 1 saturated heterocycles. The first kappa shape index (κ1) is 11.5. The van der Waals surface area contributed by atoms with Gasteiger partial charge in [0.2, 0.25) is 11.8 Å². The molecule has 1 aliphatic rings. The summed E-state index contributed by atoms with van der Waals surface area (Å²) in [6, 6.07) is 0. The second kappa shape index (κ2) is 5.34. The Labute approximate surface area is 89.4 Å². The highest BCUT2D eigenvalue weighted by atomic mass is 16.2. The molecular formula is C11H16N2O2. The average Bonchev–Trinajstić information content (AvgIpc) is 2.17. The first-order valence-electron chi connectivity index (χ1n) is 5.05. The molecule has 0 unspecified atom stereocenters. The van der Waals surface area contributed by atoms with E-state index in [4.69, 9.17) is 5.73 Å². The first-order chi connectivity index (χ1) is 7.15. The Hall–Kier alpha value is -1.58. The van der Waals surface area contributed by atoms with Gasteiger partial charge in [-0.25, -0.2) is 0 Å². The fraction of sp³-hybridized carbons (Fsp3) is 0.455. The van der Waals surface area contributed by atoms with Crippen LogP contribution in [0.15, 0.2) is 24.4 Å². The van der Waals surface area contributed by atoms with E-state index in [-0.39, 0.29) is 11.8 Å². The number of nitrogens with two attached hydrogens (primary N) is 1. The van der Waals surface area contributed by atoms with Gasteiger partial charge in [0.05, 0.1) is 0 Å². The van der Waals surface area contributed by atoms with Gasteiger partial charge in [-0.15, -0.1) is 0 Å². The standard InChI is InChI=1S/C11H16N2O2/c1-2-4-9(12)7-8-13-10(14)5-3-6-11(13)15/h2,4H,1,3,5-8,12H2/b9-4-. The van der Waals surface area contributed by atoms with Gasteiger partial charge in [0.1, 0.15) is 0 Å². The van der Waals surface area contributed by atoms with Crippen molar-refractivity contribution in [3.8, 4) is 0 Å². The predicted octanol–water partition coefficient (Wildman–Crippen LogP) is 0.944. The van der Waals surface area contributed by atoms with Crippen molar-refractivity contribution in [1.29, 1.82) is 0 Å². The monoisotopic (exact) mass is 208 g/mol. The van der Waals surface area contributed by atoms with Crippen LogP contribution >= 0.6 is 0 Å². The number of hydrogen-bond acceptors (Lipinski definition) is 3. The maximum absolute atomic E-state index is 11.4. The van der Waals surface area contributed by atoms with E-state index in [1.807, 2.05) is 0 Å². The van der Waals surface area contributed by atoms with Gasteiger partial charge >= 0.3 is 0 Å². The van der Waals surface area contributed by atoms with Gasteiger partial charge in [-0.3, -0.25) is 14.5 Å². The Morgan fingerprint density at radius 2 is 2.00 bits per heavy atom. The summed E-state index contributed by atoms with van der Waals surface area (Å²) in [7, 11) is 0. The van der Waals surface area contributed by atoms with Gasteiger partial charge in [-0.1, -0.05) is 12.7 Å². The van der Waals surface area contributed by atoms with Crippen LogP contribution in [0.3, 0.4) is 0 Å². The van der Waals surface area contributed by atoms with Gasteiger partial charge in [0.15, 0.2) is 0 Å². The molecule has 15 heavy (non-hydrogen) atoms. The molecule has 4 nitrogen and oxygen atoms in total. The summed E-state index contributed by atoms with van der Waals surface area (Å²) in [5.41, 5.74) is 6.27. The molecule has 1 fully saturated rings.